The van der Waals surface area contributed by atoms with Crippen molar-refractivity contribution < 1.29 is 89.4 Å². The third-order valence-electron chi connectivity index (χ3n) is 14.6. The zero-order valence-corrected chi connectivity index (χ0v) is 44.4. The van der Waals surface area contributed by atoms with E-state index in [1.165, 1.54) is 109 Å². The normalized spacial score (nSPS) is 31.8. The molecule has 0 aromatic heterocycles. The Kier molecular flexibility index (Phi) is 35.1. The van der Waals surface area contributed by atoms with Crippen molar-refractivity contribution >= 4 is 5.91 Å². The monoisotopic (exact) mass is 1050 g/mol. The number of amides is 1. The molecular formula is C54H101NO18. The fraction of sp³-hybridized carbons (Fsp3) is 0.944. The molecule has 17 unspecified atom stereocenters. The fourth-order valence-electron chi connectivity index (χ4n) is 9.84. The van der Waals surface area contributed by atoms with Crippen LogP contribution in [0.4, 0.5) is 0 Å². The number of carbonyl (C=O) groups is 1. The Hall–Kier alpha value is -1.47. The molecule has 19 heteroatoms. The van der Waals surface area contributed by atoms with Gasteiger partial charge in [0.25, 0.3) is 0 Å². The number of rotatable bonds is 41. The molecule has 12 N–H and O–H groups in total. The number of hydrogen-bond donors (Lipinski definition) is 12. The third kappa shape index (κ3) is 24.0. The molecule has 3 saturated heterocycles. The third-order valence-corrected chi connectivity index (χ3v) is 14.6. The summed E-state index contributed by atoms with van der Waals surface area (Å²) in [5.41, 5.74) is 0. The predicted molar refractivity (Wildman–Crippen MR) is 273 cm³/mol. The molecule has 430 valence electrons. The van der Waals surface area contributed by atoms with E-state index >= 15 is 0 Å². The van der Waals surface area contributed by atoms with Gasteiger partial charge in [0, 0.05) is 6.42 Å². The Balaban J connectivity index is 1.48. The van der Waals surface area contributed by atoms with Crippen molar-refractivity contribution in [1.82, 2.24) is 5.32 Å². The van der Waals surface area contributed by atoms with Gasteiger partial charge >= 0.3 is 0 Å². The van der Waals surface area contributed by atoms with Crippen molar-refractivity contribution in [3.05, 3.63) is 12.2 Å². The molecule has 0 bridgehead atoms. The molecule has 3 aliphatic heterocycles. The smallest absolute Gasteiger partial charge is 0.220 e. The number of ether oxygens (including phenoxy) is 6. The van der Waals surface area contributed by atoms with Crippen LogP contribution in [-0.2, 0) is 33.2 Å². The fourth-order valence-corrected chi connectivity index (χ4v) is 9.84. The van der Waals surface area contributed by atoms with Gasteiger partial charge in [-0.3, -0.25) is 4.79 Å². The molecule has 3 fully saturated rings. The molecule has 0 saturated carbocycles. The Morgan fingerprint density at radius 3 is 1.33 bits per heavy atom. The van der Waals surface area contributed by atoms with Crippen molar-refractivity contribution in [1.29, 1.82) is 0 Å². The maximum Gasteiger partial charge on any atom is 0.220 e. The van der Waals surface area contributed by atoms with Crippen LogP contribution in [0.1, 0.15) is 194 Å². The number of aliphatic hydroxyl groups excluding tert-OH is 11. The molecule has 0 aliphatic carbocycles. The molecular weight excluding hydrogens is 951 g/mol. The van der Waals surface area contributed by atoms with E-state index in [0.29, 0.717) is 12.8 Å². The number of unbranched alkanes of at least 4 members (excludes halogenated alkanes) is 23. The van der Waals surface area contributed by atoms with E-state index in [-0.39, 0.29) is 18.9 Å². The van der Waals surface area contributed by atoms with Crippen molar-refractivity contribution in [2.75, 3.05) is 26.4 Å². The number of hydrogen-bond acceptors (Lipinski definition) is 18. The maximum absolute atomic E-state index is 13.3. The Labute approximate surface area is 436 Å². The van der Waals surface area contributed by atoms with Crippen LogP contribution in [0.5, 0.6) is 0 Å². The minimum atomic E-state index is -1.97. The first-order valence-electron chi connectivity index (χ1n) is 28.4. The second kappa shape index (κ2) is 39.0. The van der Waals surface area contributed by atoms with Gasteiger partial charge in [0.05, 0.1) is 38.6 Å². The van der Waals surface area contributed by atoms with Gasteiger partial charge in [-0.15, -0.1) is 0 Å². The first-order chi connectivity index (χ1) is 35.3. The van der Waals surface area contributed by atoms with Gasteiger partial charge in [0.2, 0.25) is 5.91 Å². The average Bonchev–Trinajstić information content (AvgIpc) is 3.39. The molecule has 3 aliphatic rings. The molecule has 0 spiro atoms. The number of aliphatic hydroxyl groups is 11. The highest BCUT2D eigenvalue weighted by atomic mass is 16.8. The SMILES string of the molecule is CCCCCCCC/C=C\CCCCCCCCCCCC(=O)NC(COC1OC(CO)C(OC2OC(CO)C(OC3OC(CO)C(O)C(O)C3O)C(O)C2O)C(O)C1O)C(O)CCCCCCCCCCC. The summed E-state index contributed by atoms with van der Waals surface area (Å²) in [6, 6.07) is -0.882. The predicted octanol–water partition coefficient (Wildman–Crippen LogP) is 3.82. The van der Waals surface area contributed by atoms with Gasteiger partial charge in [-0.25, -0.2) is 0 Å². The molecule has 0 aromatic rings. The van der Waals surface area contributed by atoms with Crippen LogP contribution in [-0.4, -0.2) is 193 Å². The Morgan fingerprint density at radius 2 is 0.863 bits per heavy atom. The van der Waals surface area contributed by atoms with E-state index in [4.69, 9.17) is 28.4 Å². The van der Waals surface area contributed by atoms with Crippen molar-refractivity contribution in [3.8, 4) is 0 Å². The van der Waals surface area contributed by atoms with E-state index in [0.717, 1.165) is 51.4 Å². The lowest BCUT2D eigenvalue weighted by molar-refractivity contribution is -0.379. The highest BCUT2D eigenvalue weighted by Gasteiger charge is 2.53. The molecule has 0 radical (unpaired) electrons. The van der Waals surface area contributed by atoms with Crippen molar-refractivity contribution in [3.63, 3.8) is 0 Å². The van der Waals surface area contributed by atoms with Gasteiger partial charge in [-0.05, 0) is 38.5 Å². The van der Waals surface area contributed by atoms with Crippen molar-refractivity contribution in [2.24, 2.45) is 0 Å². The minimum Gasteiger partial charge on any atom is -0.394 e. The zero-order valence-electron chi connectivity index (χ0n) is 44.4. The zero-order chi connectivity index (χ0) is 53.4. The second-order valence-electron chi connectivity index (χ2n) is 20.8. The molecule has 17 atom stereocenters. The molecule has 3 heterocycles. The summed E-state index contributed by atoms with van der Waals surface area (Å²) < 4.78 is 34.2. The summed E-state index contributed by atoms with van der Waals surface area (Å²) in [4.78, 5) is 13.3. The molecule has 73 heavy (non-hydrogen) atoms. The lowest BCUT2D eigenvalue weighted by Gasteiger charge is -2.48. The van der Waals surface area contributed by atoms with Crippen molar-refractivity contribution in [2.45, 2.75) is 298 Å². The highest BCUT2D eigenvalue weighted by molar-refractivity contribution is 5.76. The van der Waals surface area contributed by atoms with Crippen LogP contribution in [0.25, 0.3) is 0 Å². The molecule has 0 aromatic carbocycles. The van der Waals surface area contributed by atoms with E-state index in [9.17, 15) is 61.0 Å². The first-order valence-corrected chi connectivity index (χ1v) is 28.4. The van der Waals surface area contributed by atoms with Crippen LogP contribution >= 0.6 is 0 Å². The molecule has 1 amide bonds. The summed E-state index contributed by atoms with van der Waals surface area (Å²) in [7, 11) is 0. The minimum absolute atomic E-state index is 0.247. The van der Waals surface area contributed by atoms with Gasteiger partial charge in [0.15, 0.2) is 18.9 Å². The number of nitrogens with one attached hydrogen (secondary N) is 1. The summed E-state index contributed by atoms with van der Waals surface area (Å²) in [5.74, 6) is -0.247. The summed E-state index contributed by atoms with van der Waals surface area (Å²) in [5, 5.41) is 120. The lowest BCUT2D eigenvalue weighted by Crippen LogP contribution is -2.66. The summed E-state index contributed by atoms with van der Waals surface area (Å²) in [6.07, 6.45) is 8.93. The first kappa shape index (κ1) is 65.8. The van der Waals surface area contributed by atoms with Crippen LogP contribution in [0.15, 0.2) is 12.2 Å². The van der Waals surface area contributed by atoms with Gasteiger partial charge in [0.1, 0.15) is 73.2 Å². The Morgan fingerprint density at radius 1 is 0.479 bits per heavy atom. The standard InChI is InChI=1S/C54H101NO18/c1-3-5-7-9-11-13-14-15-16-17-18-19-20-21-22-24-26-28-30-32-42(60)55-37(38(59)31-29-27-25-23-12-10-8-6-4-2)36-68-52-48(66)45(63)50(40(34-57)70-52)73-54-49(67)46(64)51(41(35-58)71-54)72-53-47(65)44(62)43(61)39(33-56)69-53/h15-16,37-41,43-54,56-59,61-67H,3-14,17-36H2,1-2H3,(H,55,60)/b16-15-. The van der Waals surface area contributed by atoms with Crippen LogP contribution in [0, 0.1) is 0 Å². The van der Waals surface area contributed by atoms with E-state index in [2.05, 4.69) is 31.3 Å². The summed E-state index contributed by atoms with van der Waals surface area (Å²) in [6.45, 7) is 1.74. The summed E-state index contributed by atoms with van der Waals surface area (Å²) >= 11 is 0. The van der Waals surface area contributed by atoms with Gasteiger partial charge in [-0.1, -0.05) is 161 Å². The topological polar surface area (TPSA) is 307 Å². The van der Waals surface area contributed by atoms with Gasteiger partial charge in [-0.2, -0.15) is 0 Å². The van der Waals surface area contributed by atoms with Crippen LogP contribution < -0.4 is 5.32 Å². The van der Waals surface area contributed by atoms with Gasteiger partial charge < -0.3 is 89.9 Å². The average molecular weight is 1050 g/mol. The second-order valence-corrected chi connectivity index (χ2v) is 20.8. The largest absolute Gasteiger partial charge is 0.394 e. The molecule has 3 rings (SSSR count). The maximum atomic E-state index is 13.3. The molecule has 19 nitrogen and oxygen atoms in total. The van der Waals surface area contributed by atoms with Crippen LogP contribution in [0.3, 0.4) is 0 Å². The number of carbonyl (C=O) groups excluding carboxylic acids is 1. The lowest BCUT2D eigenvalue weighted by atomic mass is 9.96. The highest BCUT2D eigenvalue weighted by Crippen LogP contribution is 2.33. The van der Waals surface area contributed by atoms with E-state index in [1.807, 2.05) is 0 Å². The Bertz CT molecular complexity index is 1400. The van der Waals surface area contributed by atoms with E-state index < -0.39 is 124 Å². The van der Waals surface area contributed by atoms with E-state index in [1.54, 1.807) is 0 Å². The number of allylic oxidation sites excluding steroid dienone is 2. The quantitative estimate of drug-likeness (QED) is 0.0306. The van der Waals surface area contributed by atoms with Crippen LogP contribution in [0.2, 0.25) is 0 Å².